The van der Waals surface area contributed by atoms with Gasteiger partial charge in [0, 0.05) is 25.6 Å². The Hall–Kier alpha value is -1.18. The van der Waals surface area contributed by atoms with Gasteiger partial charge in [-0.1, -0.05) is 33.3 Å². The largest absolute Gasteiger partial charge is 0.486 e. The zero-order chi connectivity index (χ0) is 16.7. The number of aliphatic imine (C=N–C) groups is 1. The van der Waals surface area contributed by atoms with Crippen LogP contribution >= 0.6 is 24.0 Å². The smallest absolute Gasteiger partial charge is 0.191 e. The second-order valence-electron chi connectivity index (χ2n) is 6.45. The van der Waals surface area contributed by atoms with Gasteiger partial charge in [-0.3, -0.25) is 4.99 Å². The van der Waals surface area contributed by atoms with Gasteiger partial charge in [0.15, 0.2) is 17.5 Å². The summed E-state index contributed by atoms with van der Waals surface area (Å²) < 4.78 is 11.3. The Kier molecular flexibility index (Phi) is 8.66. The quantitative estimate of drug-likeness (QED) is 0.304. The fourth-order valence-electron chi connectivity index (χ4n) is 2.48. The first kappa shape index (κ1) is 20.9. The van der Waals surface area contributed by atoms with Gasteiger partial charge in [0.1, 0.15) is 13.2 Å². The first-order valence-corrected chi connectivity index (χ1v) is 8.41. The van der Waals surface area contributed by atoms with E-state index < -0.39 is 0 Å². The van der Waals surface area contributed by atoms with E-state index in [1.807, 2.05) is 6.07 Å². The Morgan fingerprint density at radius 1 is 1.17 bits per heavy atom. The van der Waals surface area contributed by atoms with Gasteiger partial charge < -0.3 is 20.1 Å². The molecular weight excluding hydrogens is 417 g/mol. The van der Waals surface area contributed by atoms with Gasteiger partial charge in [-0.15, -0.1) is 24.0 Å². The lowest BCUT2D eigenvalue weighted by molar-refractivity contribution is 0.171. The highest BCUT2D eigenvalue weighted by Gasteiger charge is 2.23. The van der Waals surface area contributed by atoms with Crippen LogP contribution in [0.4, 0.5) is 0 Å². The molecule has 1 heterocycles. The molecule has 1 aromatic carbocycles. The summed E-state index contributed by atoms with van der Waals surface area (Å²) >= 11 is 0. The second-order valence-corrected chi connectivity index (χ2v) is 6.45. The average Bonchev–Trinajstić information content (AvgIpc) is 2.57. The van der Waals surface area contributed by atoms with Crippen molar-refractivity contribution in [3.8, 4) is 11.5 Å². The average molecular weight is 447 g/mol. The summed E-state index contributed by atoms with van der Waals surface area (Å²) in [6.07, 6.45) is 2.32. The molecule has 2 rings (SSSR count). The normalized spacial score (nSPS) is 13.9. The molecular formula is C18H30IN3O2. The van der Waals surface area contributed by atoms with E-state index in [9.17, 15) is 0 Å². The van der Waals surface area contributed by atoms with Crippen LogP contribution < -0.4 is 20.1 Å². The molecule has 0 aromatic heterocycles. The zero-order valence-corrected chi connectivity index (χ0v) is 17.5. The Morgan fingerprint density at radius 2 is 1.88 bits per heavy atom. The van der Waals surface area contributed by atoms with E-state index in [1.165, 1.54) is 12.0 Å². The summed E-state index contributed by atoms with van der Waals surface area (Å²) in [5.74, 6) is 2.53. The minimum Gasteiger partial charge on any atom is -0.486 e. The maximum atomic E-state index is 5.69. The third kappa shape index (κ3) is 5.72. The van der Waals surface area contributed by atoms with Gasteiger partial charge in [-0.25, -0.2) is 0 Å². The molecule has 0 spiro atoms. The Labute approximate surface area is 162 Å². The van der Waals surface area contributed by atoms with Crippen molar-refractivity contribution in [2.75, 3.05) is 33.4 Å². The summed E-state index contributed by atoms with van der Waals surface area (Å²) in [5, 5.41) is 6.75. The number of fused-ring (bicyclic) bond motifs is 1. The molecule has 0 aliphatic carbocycles. The molecule has 0 saturated heterocycles. The highest BCUT2D eigenvalue weighted by atomic mass is 127. The number of rotatable bonds is 6. The van der Waals surface area contributed by atoms with E-state index in [4.69, 9.17) is 9.47 Å². The molecule has 6 heteroatoms. The van der Waals surface area contributed by atoms with Crippen LogP contribution in [0, 0.1) is 0 Å². The van der Waals surface area contributed by atoms with Gasteiger partial charge in [0.05, 0.1) is 0 Å². The molecule has 0 saturated carbocycles. The number of hydrogen-bond donors (Lipinski definition) is 2. The molecule has 0 bridgehead atoms. The fourth-order valence-corrected chi connectivity index (χ4v) is 2.48. The van der Waals surface area contributed by atoms with E-state index in [1.54, 1.807) is 7.05 Å². The summed E-state index contributed by atoms with van der Waals surface area (Å²) in [5.41, 5.74) is 1.18. The number of nitrogens with zero attached hydrogens (tertiary/aromatic N) is 1. The van der Waals surface area contributed by atoms with Crippen LogP contribution in [0.2, 0.25) is 0 Å². The molecule has 1 aliphatic heterocycles. The predicted molar refractivity (Wildman–Crippen MR) is 110 cm³/mol. The van der Waals surface area contributed by atoms with E-state index in [-0.39, 0.29) is 29.4 Å². The van der Waals surface area contributed by atoms with E-state index >= 15 is 0 Å². The SMILES string of the molecule is CCCCNC(=NC)NCC(C)(C)c1ccc2c(c1)OCCO2.I. The monoisotopic (exact) mass is 447 g/mol. The van der Waals surface area contributed by atoms with Gasteiger partial charge >= 0.3 is 0 Å². The molecule has 24 heavy (non-hydrogen) atoms. The number of guanidine groups is 1. The standard InChI is InChI=1S/C18H29N3O2.HI/c1-5-6-9-20-17(19-4)21-13-18(2,3)14-7-8-15-16(12-14)23-11-10-22-15;/h7-8,12H,5-6,9-11,13H2,1-4H3,(H2,19,20,21);1H. The molecule has 0 unspecified atom stereocenters. The number of nitrogens with one attached hydrogen (secondary N) is 2. The zero-order valence-electron chi connectivity index (χ0n) is 15.1. The van der Waals surface area contributed by atoms with Gasteiger partial charge in [0.2, 0.25) is 0 Å². The van der Waals surface area contributed by atoms with E-state index in [0.717, 1.165) is 37.0 Å². The third-order valence-electron chi connectivity index (χ3n) is 4.07. The van der Waals surface area contributed by atoms with Crippen molar-refractivity contribution in [1.29, 1.82) is 0 Å². The topological polar surface area (TPSA) is 54.9 Å². The van der Waals surface area contributed by atoms with Crippen molar-refractivity contribution in [2.24, 2.45) is 4.99 Å². The van der Waals surface area contributed by atoms with Crippen LogP contribution in [0.15, 0.2) is 23.2 Å². The first-order chi connectivity index (χ1) is 11.1. The fraction of sp³-hybridized carbons (Fsp3) is 0.611. The predicted octanol–water partition coefficient (Wildman–Crippen LogP) is 3.32. The second kappa shape index (κ2) is 9.96. The lowest BCUT2D eigenvalue weighted by Gasteiger charge is -2.28. The first-order valence-electron chi connectivity index (χ1n) is 8.41. The van der Waals surface area contributed by atoms with Crippen LogP contribution in [0.25, 0.3) is 0 Å². The van der Waals surface area contributed by atoms with E-state index in [0.29, 0.717) is 13.2 Å². The van der Waals surface area contributed by atoms with Crippen molar-refractivity contribution < 1.29 is 9.47 Å². The van der Waals surface area contributed by atoms with Crippen LogP contribution in [0.5, 0.6) is 11.5 Å². The number of halogens is 1. The van der Waals surface area contributed by atoms with Crippen molar-refractivity contribution in [3.63, 3.8) is 0 Å². The van der Waals surface area contributed by atoms with Crippen molar-refractivity contribution in [1.82, 2.24) is 10.6 Å². The molecule has 136 valence electrons. The number of unbranched alkanes of at least 4 members (excludes halogenated alkanes) is 1. The van der Waals surface area contributed by atoms with Crippen LogP contribution in [0.1, 0.15) is 39.2 Å². The summed E-state index contributed by atoms with van der Waals surface area (Å²) in [4.78, 5) is 4.28. The maximum Gasteiger partial charge on any atom is 0.191 e. The number of benzene rings is 1. The van der Waals surface area contributed by atoms with E-state index in [2.05, 4.69) is 48.5 Å². The van der Waals surface area contributed by atoms with Crippen molar-refractivity contribution in [3.05, 3.63) is 23.8 Å². The number of ether oxygens (including phenoxy) is 2. The number of hydrogen-bond acceptors (Lipinski definition) is 3. The maximum absolute atomic E-state index is 5.69. The minimum atomic E-state index is -0.0434. The molecule has 0 atom stereocenters. The van der Waals surface area contributed by atoms with Crippen LogP contribution in [-0.2, 0) is 5.41 Å². The third-order valence-corrected chi connectivity index (χ3v) is 4.07. The lowest BCUT2D eigenvalue weighted by atomic mass is 9.84. The van der Waals surface area contributed by atoms with Crippen molar-refractivity contribution >= 4 is 29.9 Å². The molecule has 5 nitrogen and oxygen atoms in total. The molecule has 0 fully saturated rings. The highest BCUT2D eigenvalue weighted by Crippen LogP contribution is 2.34. The highest BCUT2D eigenvalue weighted by molar-refractivity contribution is 14.0. The van der Waals surface area contributed by atoms with Gasteiger partial charge in [-0.2, -0.15) is 0 Å². The molecule has 1 aliphatic rings. The minimum absolute atomic E-state index is 0. The van der Waals surface area contributed by atoms with Crippen LogP contribution in [-0.4, -0.2) is 39.3 Å². The molecule has 0 amide bonds. The summed E-state index contributed by atoms with van der Waals surface area (Å²) in [6, 6.07) is 6.20. The van der Waals surface area contributed by atoms with Crippen molar-refractivity contribution in [2.45, 2.75) is 39.0 Å². The lowest BCUT2D eigenvalue weighted by Crippen LogP contribution is -2.43. The van der Waals surface area contributed by atoms with Gasteiger partial charge in [0.25, 0.3) is 0 Å². The Morgan fingerprint density at radius 3 is 2.54 bits per heavy atom. The summed E-state index contributed by atoms with van der Waals surface area (Å²) in [7, 11) is 1.80. The summed E-state index contributed by atoms with van der Waals surface area (Å²) in [6.45, 7) is 9.58. The molecule has 1 aromatic rings. The molecule has 0 radical (unpaired) electrons. The van der Waals surface area contributed by atoms with Crippen LogP contribution in [0.3, 0.4) is 0 Å². The Balaban J connectivity index is 0.00000288. The van der Waals surface area contributed by atoms with Gasteiger partial charge in [-0.05, 0) is 24.1 Å². The molecule has 2 N–H and O–H groups in total. The Bertz CT molecular complexity index is 547.